The van der Waals surface area contributed by atoms with Crippen LogP contribution in [0.25, 0.3) is 0 Å². The molecule has 1 aliphatic heterocycles. The number of benzene rings is 1. The van der Waals surface area contributed by atoms with Crippen LogP contribution < -0.4 is 10.1 Å². The van der Waals surface area contributed by atoms with Crippen LogP contribution in [0.3, 0.4) is 0 Å². The highest BCUT2D eigenvalue weighted by Crippen LogP contribution is 2.11. The van der Waals surface area contributed by atoms with E-state index in [9.17, 15) is 4.79 Å². The van der Waals surface area contributed by atoms with Crippen LogP contribution in [0.4, 0.5) is 0 Å². The Kier molecular flexibility index (Phi) is 6.54. The van der Waals surface area contributed by atoms with Gasteiger partial charge in [-0.15, -0.1) is 0 Å². The summed E-state index contributed by atoms with van der Waals surface area (Å²) in [5.74, 6) is 1.11. The van der Waals surface area contributed by atoms with Crippen LogP contribution >= 0.6 is 0 Å². The second kappa shape index (κ2) is 8.67. The zero-order valence-corrected chi connectivity index (χ0v) is 12.9. The fourth-order valence-electron chi connectivity index (χ4n) is 2.62. The maximum absolute atomic E-state index is 12.3. The van der Waals surface area contributed by atoms with Crippen LogP contribution in [0.15, 0.2) is 30.3 Å². The SMILES string of the molecule is CN(CCCOc1ccccc1)C(=O)C1CCCCCN1. The molecular weight excluding hydrogens is 264 g/mol. The summed E-state index contributed by atoms with van der Waals surface area (Å²) in [6.45, 7) is 2.34. The van der Waals surface area contributed by atoms with Crippen LogP contribution in [0.1, 0.15) is 32.1 Å². The Balaban J connectivity index is 1.66. The van der Waals surface area contributed by atoms with Gasteiger partial charge in [0.15, 0.2) is 0 Å². The number of nitrogens with one attached hydrogen (secondary N) is 1. The Morgan fingerprint density at radius 1 is 1.29 bits per heavy atom. The molecule has 1 aliphatic rings. The van der Waals surface area contributed by atoms with E-state index in [1.54, 1.807) is 0 Å². The van der Waals surface area contributed by atoms with Crippen LogP contribution in [0, 0.1) is 0 Å². The van der Waals surface area contributed by atoms with Gasteiger partial charge in [0.05, 0.1) is 12.6 Å². The summed E-state index contributed by atoms with van der Waals surface area (Å²) in [5, 5.41) is 3.36. The van der Waals surface area contributed by atoms with Crippen molar-refractivity contribution >= 4 is 5.91 Å². The van der Waals surface area contributed by atoms with E-state index < -0.39 is 0 Å². The number of likely N-dealkylation sites (N-methyl/N-ethyl adjacent to an activating group) is 1. The van der Waals surface area contributed by atoms with Gasteiger partial charge in [-0.1, -0.05) is 31.0 Å². The third kappa shape index (κ3) is 5.38. The van der Waals surface area contributed by atoms with Crippen molar-refractivity contribution in [3.63, 3.8) is 0 Å². The monoisotopic (exact) mass is 290 g/mol. The Morgan fingerprint density at radius 3 is 2.90 bits per heavy atom. The molecule has 0 aromatic heterocycles. The van der Waals surface area contributed by atoms with Crippen molar-refractivity contribution in [1.82, 2.24) is 10.2 Å². The third-order valence-corrected chi connectivity index (χ3v) is 3.88. The van der Waals surface area contributed by atoms with Crippen molar-refractivity contribution in [3.05, 3.63) is 30.3 Å². The predicted octanol–water partition coefficient (Wildman–Crippen LogP) is 2.45. The lowest BCUT2D eigenvalue weighted by atomic mass is 10.1. The largest absolute Gasteiger partial charge is 0.494 e. The van der Waals surface area contributed by atoms with Gasteiger partial charge in [0, 0.05) is 13.6 Å². The quantitative estimate of drug-likeness (QED) is 0.818. The topological polar surface area (TPSA) is 41.6 Å². The highest BCUT2D eigenvalue weighted by atomic mass is 16.5. The number of ether oxygens (including phenoxy) is 1. The van der Waals surface area contributed by atoms with E-state index in [1.165, 1.54) is 12.8 Å². The van der Waals surface area contributed by atoms with Gasteiger partial charge < -0.3 is 15.0 Å². The highest BCUT2D eigenvalue weighted by Gasteiger charge is 2.22. The van der Waals surface area contributed by atoms with Crippen LogP contribution in [0.5, 0.6) is 5.75 Å². The molecule has 0 saturated carbocycles. The van der Waals surface area contributed by atoms with E-state index in [0.717, 1.165) is 38.1 Å². The lowest BCUT2D eigenvalue weighted by molar-refractivity contribution is -0.132. The molecule has 4 nitrogen and oxygen atoms in total. The van der Waals surface area contributed by atoms with Crippen molar-refractivity contribution in [2.75, 3.05) is 26.7 Å². The molecule has 0 radical (unpaired) electrons. The number of nitrogens with zero attached hydrogens (tertiary/aromatic N) is 1. The van der Waals surface area contributed by atoms with Gasteiger partial charge in [-0.25, -0.2) is 0 Å². The van der Waals surface area contributed by atoms with Gasteiger partial charge in [0.25, 0.3) is 0 Å². The third-order valence-electron chi connectivity index (χ3n) is 3.88. The van der Waals surface area contributed by atoms with Gasteiger partial charge in [-0.3, -0.25) is 4.79 Å². The molecular formula is C17H26N2O2. The maximum Gasteiger partial charge on any atom is 0.239 e. The first-order valence-electron chi connectivity index (χ1n) is 7.93. The average molecular weight is 290 g/mol. The molecule has 0 bridgehead atoms. The summed E-state index contributed by atoms with van der Waals surface area (Å²) >= 11 is 0. The molecule has 4 heteroatoms. The summed E-state index contributed by atoms with van der Waals surface area (Å²) in [6.07, 6.45) is 5.37. The van der Waals surface area contributed by atoms with E-state index in [-0.39, 0.29) is 11.9 Å². The summed E-state index contributed by atoms with van der Waals surface area (Å²) in [7, 11) is 1.89. The summed E-state index contributed by atoms with van der Waals surface area (Å²) in [6, 6.07) is 9.80. The van der Waals surface area contributed by atoms with Crippen LogP contribution in [-0.2, 0) is 4.79 Å². The van der Waals surface area contributed by atoms with Gasteiger partial charge in [0.2, 0.25) is 5.91 Å². The minimum Gasteiger partial charge on any atom is -0.494 e. The zero-order valence-electron chi connectivity index (χ0n) is 12.9. The Labute approximate surface area is 127 Å². The number of rotatable bonds is 6. The number of amides is 1. The molecule has 0 aliphatic carbocycles. The summed E-state index contributed by atoms with van der Waals surface area (Å²) < 4.78 is 5.65. The zero-order chi connectivity index (χ0) is 14.9. The minimum absolute atomic E-state index is 0.00698. The molecule has 21 heavy (non-hydrogen) atoms. The normalized spacial score (nSPS) is 18.8. The second-order valence-corrected chi connectivity index (χ2v) is 5.63. The van der Waals surface area contributed by atoms with E-state index in [4.69, 9.17) is 4.74 Å². The predicted molar refractivity (Wildman–Crippen MR) is 84.4 cm³/mol. The number of para-hydroxylation sites is 1. The lowest BCUT2D eigenvalue weighted by Gasteiger charge is -2.23. The standard InChI is InChI=1S/C17H26N2O2/c1-19(17(20)16-11-6-3-7-12-18-16)13-8-14-21-15-9-4-2-5-10-15/h2,4-5,9-10,16,18H,3,6-8,11-14H2,1H3. The molecule has 116 valence electrons. The molecule has 1 saturated heterocycles. The minimum atomic E-state index is 0.00698. The molecule has 0 spiro atoms. The first-order chi connectivity index (χ1) is 10.3. The Bertz CT molecular complexity index is 414. The molecule has 1 unspecified atom stereocenters. The van der Waals surface area contributed by atoms with E-state index in [0.29, 0.717) is 6.61 Å². The molecule has 1 amide bonds. The fourth-order valence-corrected chi connectivity index (χ4v) is 2.62. The first kappa shape index (κ1) is 15.8. The van der Waals surface area contributed by atoms with Gasteiger partial charge in [-0.2, -0.15) is 0 Å². The highest BCUT2D eigenvalue weighted by molar-refractivity contribution is 5.81. The van der Waals surface area contributed by atoms with Gasteiger partial charge in [0.1, 0.15) is 5.75 Å². The summed E-state index contributed by atoms with van der Waals surface area (Å²) in [4.78, 5) is 14.2. The second-order valence-electron chi connectivity index (χ2n) is 5.63. The van der Waals surface area contributed by atoms with Crippen molar-refractivity contribution in [1.29, 1.82) is 0 Å². The number of carbonyl (C=O) groups is 1. The van der Waals surface area contributed by atoms with Crippen LogP contribution in [0.2, 0.25) is 0 Å². The molecule has 2 rings (SSSR count). The number of carbonyl (C=O) groups excluding carboxylic acids is 1. The molecule has 1 aromatic carbocycles. The first-order valence-corrected chi connectivity index (χ1v) is 7.93. The van der Waals surface area contributed by atoms with Crippen molar-refractivity contribution < 1.29 is 9.53 Å². The molecule has 1 atom stereocenters. The van der Waals surface area contributed by atoms with Crippen molar-refractivity contribution in [3.8, 4) is 5.75 Å². The fraction of sp³-hybridized carbons (Fsp3) is 0.588. The van der Waals surface area contributed by atoms with Crippen LogP contribution in [-0.4, -0.2) is 43.6 Å². The van der Waals surface area contributed by atoms with Crippen molar-refractivity contribution in [2.24, 2.45) is 0 Å². The Hall–Kier alpha value is -1.55. The molecule has 1 aromatic rings. The van der Waals surface area contributed by atoms with Gasteiger partial charge >= 0.3 is 0 Å². The molecule has 1 N–H and O–H groups in total. The van der Waals surface area contributed by atoms with E-state index in [1.807, 2.05) is 42.3 Å². The van der Waals surface area contributed by atoms with Gasteiger partial charge in [-0.05, 0) is 37.9 Å². The van der Waals surface area contributed by atoms with E-state index >= 15 is 0 Å². The van der Waals surface area contributed by atoms with Crippen molar-refractivity contribution in [2.45, 2.75) is 38.1 Å². The Morgan fingerprint density at radius 2 is 2.10 bits per heavy atom. The average Bonchev–Trinajstić information content (AvgIpc) is 2.81. The maximum atomic E-state index is 12.3. The van der Waals surface area contributed by atoms with E-state index in [2.05, 4.69) is 5.32 Å². The smallest absolute Gasteiger partial charge is 0.239 e. The summed E-state index contributed by atoms with van der Waals surface area (Å²) in [5.41, 5.74) is 0. The lowest BCUT2D eigenvalue weighted by Crippen LogP contribution is -2.45. The number of hydrogen-bond donors (Lipinski definition) is 1. The molecule has 1 heterocycles. The number of hydrogen-bond acceptors (Lipinski definition) is 3. The molecule has 1 fully saturated rings.